The number of rotatable bonds is 6. The lowest BCUT2D eigenvalue weighted by molar-refractivity contribution is 0.0704. The maximum Gasteiger partial charge on any atom is 0.257 e. The van der Waals surface area contributed by atoms with E-state index in [0.717, 1.165) is 37.4 Å². The molecule has 0 saturated carbocycles. The molecule has 0 aliphatic carbocycles. The third-order valence-electron chi connectivity index (χ3n) is 5.63. The van der Waals surface area contributed by atoms with Crippen LogP contribution in [0.1, 0.15) is 45.8 Å². The fraction of sp³-hybridized carbons (Fsp3) is 0.455. The van der Waals surface area contributed by atoms with E-state index in [4.69, 9.17) is 10.00 Å². The molecule has 0 spiro atoms. The van der Waals surface area contributed by atoms with Crippen LogP contribution < -0.4 is 4.74 Å². The molecule has 2 aromatic rings. The third kappa shape index (κ3) is 4.60. The second kappa shape index (κ2) is 8.93. The molecule has 1 amide bonds. The monoisotopic (exact) mass is 413 g/mol. The summed E-state index contributed by atoms with van der Waals surface area (Å²) in [6.07, 6.45) is 4.40. The normalized spacial score (nSPS) is 19.4. The van der Waals surface area contributed by atoms with Crippen LogP contribution in [0.25, 0.3) is 0 Å². The van der Waals surface area contributed by atoms with Gasteiger partial charge in [0.15, 0.2) is 0 Å². The Morgan fingerprint density at radius 3 is 2.76 bits per heavy atom. The molecular weight excluding hydrogens is 389 g/mol. The first-order chi connectivity index (χ1) is 14.1. The summed E-state index contributed by atoms with van der Waals surface area (Å²) >= 11 is 1.35. The molecule has 2 saturated heterocycles. The van der Waals surface area contributed by atoms with Crippen molar-refractivity contribution < 1.29 is 13.9 Å². The SMILES string of the molecule is N#Cc1ccc(COc2ccc(C(=O)N3CCC[C@H]3CN3CCCC3)c(F)c2)s1. The number of halogens is 1. The van der Waals surface area contributed by atoms with Crippen LogP contribution in [0.2, 0.25) is 0 Å². The maximum atomic E-state index is 14.7. The van der Waals surface area contributed by atoms with Crippen molar-refractivity contribution in [2.24, 2.45) is 0 Å². The number of likely N-dealkylation sites (tertiary alicyclic amines) is 2. The second-order valence-electron chi connectivity index (χ2n) is 7.61. The number of carbonyl (C=O) groups excluding carboxylic acids is 1. The topological polar surface area (TPSA) is 56.6 Å². The largest absolute Gasteiger partial charge is 0.488 e. The van der Waals surface area contributed by atoms with Crippen LogP contribution in [0.5, 0.6) is 5.75 Å². The summed E-state index contributed by atoms with van der Waals surface area (Å²) in [7, 11) is 0. The highest BCUT2D eigenvalue weighted by Crippen LogP contribution is 2.26. The summed E-state index contributed by atoms with van der Waals surface area (Å²) in [6.45, 7) is 4.04. The molecule has 29 heavy (non-hydrogen) atoms. The maximum absolute atomic E-state index is 14.7. The van der Waals surface area contributed by atoms with Crippen LogP contribution in [0.3, 0.4) is 0 Å². The first-order valence-corrected chi connectivity index (χ1v) is 10.9. The number of benzene rings is 1. The minimum absolute atomic E-state index is 0.105. The number of hydrogen-bond donors (Lipinski definition) is 0. The van der Waals surface area contributed by atoms with Gasteiger partial charge in [-0.05, 0) is 63.0 Å². The van der Waals surface area contributed by atoms with E-state index in [-0.39, 0.29) is 24.1 Å². The Bertz CT molecular complexity index is 917. The van der Waals surface area contributed by atoms with Gasteiger partial charge in [-0.2, -0.15) is 5.26 Å². The number of ether oxygens (including phenoxy) is 1. The second-order valence-corrected chi connectivity index (χ2v) is 8.78. The van der Waals surface area contributed by atoms with Gasteiger partial charge >= 0.3 is 0 Å². The molecule has 7 heteroatoms. The zero-order valence-corrected chi connectivity index (χ0v) is 17.1. The lowest BCUT2D eigenvalue weighted by Gasteiger charge is -2.28. The molecule has 2 aliphatic rings. The van der Waals surface area contributed by atoms with Crippen molar-refractivity contribution in [2.45, 2.75) is 38.3 Å². The molecule has 2 aliphatic heterocycles. The molecule has 0 radical (unpaired) electrons. The van der Waals surface area contributed by atoms with E-state index in [1.54, 1.807) is 12.1 Å². The molecule has 0 unspecified atom stereocenters. The Morgan fingerprint density at radius 2 is 2.03 bits per heavy atom. The summed E-state index contributed by atoms with van der Waals surface area (Å²) in [5.74, 6) is -0.406. The smallest absolute Gasteiger partial charge is 0.257 e. The van der Waals surface area contributed by atoms with Crippen LogP contribution in [0.4, 0.5) is 4.39 Å². The Morgan fingerprint density at radius 1 is 1.21 bits per heavy atom. The zero-order chi connectivity index (χ0) is 20.2. The summed E-state index contributed by atoms with van der Waals surface area (Å²) < 4.78 is 20.3. The van der Waals surface area contributed by atoms with Crippen LogP contribution in [-0.4, -0.2) is 47.9 Å². The molecule has 4 rings (SSSR count). The summed E-state index contributed by atoms with van der Waals surface area (Å²) in [4.78, 5) is 18.7. The molecule has 1 atom stereocenters. The minimum Gasteiger partial charge on any atom is -0.488 e. The van der Waals surface area contributed by atoms with Crippen molar-refractivity contribution in [3.63, 3.8) is 0 Å². The molecule has 3 heterocycles. The average molecular weight is 414 g/mol. The van der Waals surface area contributed by atoms with E-state index in [9.17, 15) is 9.18 Å². The van der Waals surface area contributed by atoms with Gasteiger partial charge in [0, 0.05) is 30.1 Å². The van der Waals surface area contributed by atoms with Crippen molar-refractivity contribution in [3.8, 4) is 11.8 Å². The van der Waals surface area contributed by atoms with E-state index in [1.165, 1.54) is 36.3 Å². The molecule has 0 N–H and O–H groups in total. The third-order valence-corrected chi connectivity index (χ3v) is 6.59. The van der Waals surface area contributed by atoms with Crippen LogP contribution >= 0.6 is 11.3 Å². The van der Waals surface area contributed by atoms with Gasteiger partial charge in [0.25, 0.3) is 5.91 Å². The highest BCUT2D eigenvalue weighted by Gasteiger charge is 2.32. The molecule has 0 bridgehead atoms. The summed E-state index contributed by atoms with van der Waals surface area (Å²) in [5.41, 5.74) is 0.105. The minimum atomic E-state index is -0.553. The van der Waals surface area contributed by atoms with Gasteiger partial charge in [0.05, 0.1) is 5.56 Å². The number of hydrogen-bond acceptors (Lipinski definition) is 5. The molecular formula is C22H24FN3O2S. The predicted octanol–water partition coefficient (Wildman–Crippen LogP) is 4.04. The first-order valence-electron chi connectivity index (χ1n) is 10.1. The van der Waals surface area contributed by atoms with E-state index in [2.05, 4.69) is 11.0 Å². The van der Waals surface area contributed by atoms with Gasteiger partial charge in [0.1, 0.15) is 29.1 Å². The van der Waals surface area contributed by atoms with E-state index < -0.39 is 5.82 Å². The Balaban J connectivity index is 1.40. The van der Waals surface area contributed by atoms with Crippen molar-refractivity contribution >= 4 is 17.2 Å². The van der Waals surface area contributed by atoms with Crippen molar-refractivity contribution in [1.29, 1.82) is 5.26 Å². The number of nitrogens with zero attached hydrogens (tertiary/aromatic N) is 3. The van der Waals surface area contributed by atoms with E-state index in [0.29, 0.717) is 17.2 Å². The Kier molecular flexibility index (Phi) is 6.12. The lowest BCUT2D eigenvalue weighted by atomic mass is 10.1. The summed E-state index contributed by atoms with van der Waals surface area (Å²) in [6, 6.07) is 10.3. The van der Waals surface area contributed by atoms with Gasteiger partial charge in [-0.1, -0.05) is 0 Å². The van der Waals surface area contributed by atoms with E-state index >= 15 is 0 Å². The van der Waals surface area contributed by atoms with E-state index in [1.807, 2.05) is 11.0 Å². The lowest BCUT2D eigenvalue weighted by Crippen LogP contribution is -2.42. The molecule has 1 aromatic heterocycles. The average Bonchev–Trinajstić information content (AvgIpc) is 3.48. The van der Waals surface area contributed by atoms with Crippen molar-refractivity contribution in [2.75, 3.05) is 26.2 Å². The molecule has 152 valence electrons. The molecule has 1 aromatic carbocycles. The highest BCUT2D eigenvalue weighted by atomic mass is 32.1. The first kappa shape index (κ1) is 19.9. The van der Waals surface area contributed by atoms with Crippen molar-refractivity contribution in [1.82, 2.24) is 9.80 Å². The molecule has 5 nitrogen and oxygen atoms in total. The zero-order valence-electron chi connectivity index (χ0n) is 16.3. The number of amides is 1. The Labute approximate surface area is 174 Å². The summed E-state index contributed by atoms with van der Waals surface area (Å²) in [5, 5.41) is 8.87. The number of carbonyl (C=O) groups is 1. The number of nitriles is 1. The standard InChI is InChI=1S/C22H24FN3O2S/c23-21-12-17(28-15-19-7-6-18(13-24)29-19)5-8-20(21)22(27)26-11-3-4-16(26)14-25-9-1-2-10-25/h5-8,12,16H,1-4,9-11,14-15H2/t16-/m0/s1. The fourth-order valence-corrected chi connectivity index (χ4v) is 4.86. The Hall–Kier alpha value is -2.43. The molecule has 2 fully saturated rings. The highest BCUT2D eigenvalue weighted by molar-refractivity contribution is 7.12. The van der Waals surface area contributed by atoms with Gasteiger partial charge in [-0.25, -0.2) is 4.39 Å². The van der Waals surface area contributed by atoms with Crippen LogP contribution in [0, 0.1) is 17.1 Å². The predicted molar refractivity (Wildman–Crippen MR) is 109 cm³/mol. The van der Waals surface area contributed by atoms with Gasteiger partial charge in [-0.15, -0.1) is 11.3 Å². The van der Waals surface area contributed by atoms with Gasteiger partial charge in [-0.3, -0.25) is 4.79 Å². The van der Waals surface area contributed by atoms with Crippen LogP contribution in [-0.2, 0) is 6.61 Å². The number of thiophene rings is 1. The quantitative estimate of drug-likeness (QED) is 0.717. The van der Waals surface area contributed by atoms with Gasteiger partial charge < -0.3 is 14.5 Å². The fourth-order valence-electron chi connectivity index (χ4n) is 4.14. The van der Waals surface area contributed by atoms with Gasteiger partial charge in [0.2, 0.25) is 0 Å². The van der Waals surface area contributed by atoms with Crippen LogP contribution in [0.15, 0.2) is 30.3 Å². The van der Waals surface area contributed by atoms with Crippen molar-refractivity contribution in [3.05, 3.63) is 51.5 Å².